The van der Waals surface area contributed by atoms with Gasteiger partial charge in [-0.05, 0) is 173 Å². The van der Waals surface area contributed by atoms with Crippen LogP contribution in [0.3, 0.4) is 0 Å². The lowest BCUT2D eigenvalue weighted by Gasteiger charge is -2.32. The zero-order valence-electron chi connectivity index (χ0n) is 41.7. The molecule has 65 heavy (non-hydrogen) atoms. The van der Waals surface area contributed by atoms with Crippen molar-refractivity contribution in [3.05, 3.63) is 56.4 Å². The highest BCUT2D eigenvalue weighted by Crippen LogP contribution is 2.43. The molecule has 3 aromatic heterocycles. The Morgan fingerprint density at radius 2 is 0.831 bits per heavy atom. The van der Waals surface area contributed by atoms with Crippen LogP contribution in [0, 0.1) is 20.8 Å². The van der Waals surface area contributed by atoms with E-state index >= 15 is 0 Å². The van der Waals surface area contributed by atoms with Crippen LogP contribution in [0.2, 0.25) is 0 Å². The summed E-state index contributed by atoms with van der Waals surface area (Å²) in [6.07, 6.45) is 0. The molecule has 0 spiro atoms. The van der Waals surface area contributed by atoms with Crippen molar-refractivity contribution >= 4 is 110 Å². The predicted octanol–water partition coefficient (Wildman–Crippen LogP) is 10.5. The van der Waals surface area contributed by atoms with Gasteiger partial charge >= 0.3 is 39.0 Å². The first kappa shape index (κ1) is 59.5. The Bertz CT molecular complexity index is 1970. The summed E-state index contributed by atoms with van der Waals surface area (Å²) >= 11 is 10.6. The highest BCUT2D eigenvalue weighted by molar-refractivity contribution is 9.11. The minimum absolute atomic E-state index is 0.274. The van der Waals surface area contributed by atoms with Gasteiger partial charge in [-0.2, -0.15) is 0 Å². The van der Waals surface area contributed by atoms with Gasteiger partial charge < -0.3 is 52.0 Å². The Hall–Kier alpha value is -1.66. The smallest absolute Gasteiger partial charge is 0.477 e. The zero-order chi connectivity index (χ0) is 50.5. The van der Waals surface area contributed by atoms with Crippen molar-refractivity contribution < 1.29 is 66.4 Å². The fourth-order valence-corrected chi connectivity index (χ4v) is 8.99. The van der Waals surface area contributed by atoms with Crippen molar-refractivity contribution in [2.75, 3.05) is 28.4 Å². The fourth-order valence-electron chi connectivity index (χ4n) is 5.21. The van der Waals surface area contributed by atoms with Crippen LogP contribution in [-0.2, 0) is 46.9 Å². The molecular formula is C43H67B3Br2O14S3. The van der Waals surface area contributed by atoms with E-state index in [0.29, 0.717) is 14.6 Å². The molecule has 3 saturated heterocycles. The number of methoxy groups -OCH3 is 4. The summed E-state index contributed by atoms with van der Waals surface area (Å²) < 4.78 is 56.7. The SMILES string of the molecule is CC1(C)OB(B2OC(C)(C)C(C)(C)O2)OC1(C)C.COC(=O)c1cc(B2OC(C)(C)C(C)(C)O2)c(C)s1.COC(=O)c1cc(Br)c(C)s1.COC(C)(C)OC.Cc1sc(C(=O)O)cc1Br. The minimum Gasteiger partial charge on any atom is -0.477 e. The van der Waals surface area contributed by atoms with E-state index in [9.17, 15) is 14.4 Å². The first-order valence-corrected chi connectivity index (χ1v) is 24.7. The van der Waals surface area contributed by atoms with Crippen LogP contribution in [0.15, 0.2) is 27.1 Å². The van der Waals surface area contributed by atoms with Gasteiger partial charge in [0, 0.05) is 37.8 Å². The number of aryl methyl sites for hydroxylation is 3. The Morgan fingerprint density at radius 3 is 1.08 bits per heavy atom. The predicted molar refractivity (Wildman–Crippen MR) is 268 cm³/mol. The Morgan fingerprint density at radius 1 is 0.538 bits per heavy atom. The number of halogens is 2. The van der Waals surface area contributed by atoms with Crippen molar-refractivity contribution in [3.63, 3.8) is 0 Å². The van der Waals surface area contributed by atoms with E-state index in [4.69, 9.17) is 47.2 Å². The molecule has 6 rings (SSSR count). The molecule has 22 heteroatoms. The summed E-state index contributed by atoms with van der Waals surface area (Å²) in [5, 5.41) is 8.51. The minimum atomic E-state index is -0.862. The van der Waals surface area contributed by atoms with Gasteiger partial charge in [0.25, 0.3) is 0 Å². The number of carboxylic acid groups (broad SMARTS) is 1. The number of hydrogen-bond donors (Lipinski definition) is 1. The summed E-state index contributed by atoms with van der Waals surface area (Å²) in [4.78, 5) is 37.5. The standard InChI is InChI=1S/C13H19BO4S.C12H24B2O4.C7H7BrO2S.C6H5BrO2S.C5H12O2/c1-8-9(7-10(19-8)11(15)16-6)14-17-12(2,3)13(4,5)18-14;1-9(2)10(3,4)16-13(15-9)14-17-11(5,6)12(7,8)18-14;1-4-5(8)3-6(11-4)7(9)10-2;1-3-4(7)2-5(10-3)6(8)9;1-5(2,6-3)7-4/h7H,1-6H3;1-8H3;3H,1-2H3;2H,1H3,(H,8,9);1-4H3. The van der Waals surface area contributed by atoms with Crippen molar-refractivity contribution in [2.45, 2.75) is 157 Å². The Kier molecular flexibility index (Phi) is 20.9. The number of hydrogen-bond acceptors (Lipinski definition) is 16. The second-order valence-corrected chi connectivity index (χ2v) is 24.1. The van der Waals surface area contributed by atoms with Crippen molar-refractivity contribution in [1.82, 2.24) is 0 Å². The first-order chi connectivity index (χ1) is 29.4. The molecule has 3 fully saturated rings. The molecule has 0 saturated carbocycles. The van der Waals surface area contributed by atoms with Gasteiger partial charge in [0.2, 0.25) is 0 Å². The van der Waals surface area contributed by atoms with Gasteiger partial charge in [0.1, 0.15) is 14.6 Å². The van der Waals surface area contributed by atoms with E-state index in [1.165, 1.54) is 48.2 Å². The third-order valence-corrected chi connectivity index (χ3v) is 17.2. The van der Waals surface area contributed by atoms with Crippen LogP contribution < -0.4 is 5.46 Å². The van der Waals surface area contributed by atoms with E-state index in [1.54, 1.807) is 32.4 Å². The molecule has 6 heterocycles. The number of carboxylic acids is 1. The number of carbonyl (C=O) groups excluding carboxylic acids is 2. The quantitative estimate of drug-likeness (QED) is 0.135. The lowest BCUT2D eigenvalue weighted by molar-refractivity contribution is -0.178. The molecule has 0 aliphatic carbocycles. The average Bonchev–Trinajstić information content (AvgIpc) is 3.99. The maximum Gasteiger partial charge on any atom is 0.495 e. The molecule has 1 N–H and O–H groups in total. The summed E-state index contributed by atoms with van der Waals surface area (Å²) in [5.41, 5.74) is -1.29. The summed E-state index contributed by atoms with van der Waals surface area (Å²) in [5.74, 6) is -1.88. The van der Waals surface area contributed by atoms with Gasteiger partial charge in [0.15, 0.2) is 5.79 Å². The molecule has 3 aromatic rings. The van der Waals surface area contributed by atoms with Crippen molar-refractivity contribution in [1.29, 1.82) is 0 Å². The third-order valence-electron chi connectivity index (χ3n) is 11.9. The van der Waals surface area contributed by atoms with Gasteiger partial charge in [0.05, 0.1) is 47.8 Å². The molecule has 0 atom stereocenters. The molecule has 0 unspecified atom stereocenters. The fraction of sp³-hybridized carbons (Fsp3) is 0.651. The second kappa shape index (κ2) is 22.8. The number of aromatic carboxylic acids is 1. The van der Waals surface area contributed by atoms with E-state index in [0.717, 1.165) is 29.0 Å². The molecule has 364 valence electrons. The number of carbonyl (C=O) groups is 3. The number of rotatable bonds is 7. The van der Waals surface area contributed by atoms with E-state index in [1.807, 2.05) is 118 Å². The molecule has 3 aliphatic heterocycles. The van der Waals surface area contributed by atoms with Crippen molar-refractivity contribution in [3.8, 4) is 0 Å². The third kappa shape index (κ3) is 15.4. The topological polar surface area (TPSA) is 164 Å². The molecule has 14 nitrogen and oxygen atoms in total. The average molecular weight is 1100 g/mol. The van der Waals surface area contributed by atoms with Crippen molar-refractivity contribution in [2.24, 2.45) is 0 Å². The van der Waals surface area contributed by atoms with Crippen LogP contribution in [0.5, 0.6) is 0 Å². The Labute approximate surface area is 416 Å². The van der Waals surface area contributed by atoms with E-state index in [2.05, 4.69) is 36.6 Å². The Balaban J connectivity index is 0.000000292. The van der Waals surface area contributed by atoms with Gasteiger partial charge in [-0.1, -0.05) is 0 Å². The molecule has 0 bridgehead atoms. The van der Waals surface area contributed by atoms with Crippen LogP contribution in [0.4, 0.5) is 0 Å². The van der Waals surface area contributed by atoms with Crippen LogP contribution in [0.25, 0.3) is 0 Å². The van der Waals surface area contributed by atoms with E-state index in [-0.39, 0.29) is 45.5 Å². The highest BCUT2D eigenvalue weighted by atomic mass is 79.9. The highest BCUT2D eigenvalue weighted by Gasteiger charge is 2.63. The maximum absolute atomic E-state index is 11.6. The first-order valence-electron chi connectivity index (χ1n) is 20.6. The number of ether oxygens (including phenoxy) is 4. The second-order valence-electron chi connectivity index (χ2n) is 18.6. The summed E-state index contributed by atoms with van der Waals surface area (Å²) in [6, 6.07) is 5.18. The molecule has 0 radical (unpaired) electrons. The maximum atomic E-state index is 11.6. The lowest BCUT2D eigenvalue weighted by Crippen LogP contribution is -2.41. The summed E-state index contributed by atoms with van der Waals surface area (Å²) in [6.45, 7) is 33.7. The molecule has 0 amide bonds. The van der Waals surface area contributed by atoms with Gasteiger partial charge in [-0.25, -0.2) is 14.4 Å². The molecule has 3 aliphatic rings. The monoisotopic (exact) mass is 1090 g/mol. The molecule has 0 aromatic carbocycles. The number of thiophene rings is 3. The van der Waals surface area contributed by atoms with Crippen LogP contribution in [0.1, 0.15) is 141 Å². The lowest BCUT2D eigenvalue weighted by atomic mass is 9.49. The number of esters is 2. The largest absolute Gasteiger partial charge is 0.495 e. The summed E-state index contributed by atoms with van der Waals surface area (Å²) in [7, 11) is 4.61. The molecular weight excluding hydrogens is 1030 g/mol. The van der Waals surface area contributed by atoms with Gasteiger partial charge in [-0.15, -0.1) is 34.0 Å². The normalized spacial score (nSPS) is 19.3. The van der Waals surface area contributed by atoms with Crippen LogP contribution in [-0.4, -0.2) is 112 Å². The van der Waals surface area contributed by atoms with Gasteiger partial charge in [-0.3, -0.25) is 0 Å². The van der Waals surface area contributed by atoms with E-state index < -0.39 is 32.9 Å². The zero-order valence-corrected chi connectivity index (χ0v) is 47.3. The van der Waals surface area contributed by atoms with Crippen LogP contribution >= 0.6 is 65.9 Å².